The van der Waals surface area contributed by atoms with Crippen molar-refractivity contribution in [3.05, 3.63) is 0 Å². The molecule has 134 valence electrons. The van der Waals surface area contributed by atoms with E-state index in [9.17, 15) is 14.4 Å². The molecule has 6 nitrogen and oxygen atoms in total. The standard InChI is InChI=1S/C17H25BrN2O4/c1-2-19-15(23)20-13(21)9-24-14(22)8-16-4-11-3-12(5-16)7-17(18,6-11)10-16/h11-12H,2-10H2,1H3,(H2,19,20,21,23)/t11-,12+,16?,17?. The van der Waals surface area contributed by atoms with E-state index in [0.29, 0.717) is 24.8 Å². The highest BCUT2D eigenvalue weighted by Crippen LogP contribution is 2.65. The zero-order valence-electron chi connectivity index (χ0n) is 14.0. The molecular weight excluding hydrogens is 376 g/mol. The Balaban J connectivity index is 1.49. The van der Waals surface area contributed by atoms with Crippen LogP contribution in [0.4, 0.5) is 4.79 Å². The summed E-state index contributed by atoms with van der Waals surface area (Å²) in [5, 5.41) is 4.58. The van der Waals surface area contributed by atoms with E-state index >= 15 is 0 Å². The van der Waals surface area contributed by atoms with E-state index in [1.54, 1.807) is 6.92 Å². The minimum atomic E-state index is -0.600. The normalized spacial score (nSPS) is 36.2. The summed E-state index contributed by atoms with van der Waals surface area (Å²) in [6.07, 6.45) is 7.31. The molecule has 0 aromatic heterocycles. The van der Waals surface area contributed by atoms with E-state index in [4.69, 9.17) is 4.74 Å². The zero-order chi connectivity index (χ0) is 17.4. The number of amides is 3. The number of carbonyl (C=O) groups is 3. The van der Waals surface area contributed by atoms with E-state index < -0.39 is 18.5 Å². The van der Waals surface area contributed by atoms with Crippen LogP contribution in [0.5, 0.6) is 0 Å². The molecule has 24 heavy (non-hydrogen) atoms. The number of carbonyl (C=O) groups excluding carboxylic acids is 3. The largest absolute Gasteiger partial charge is 0.456 e. The molecule has 7 heteroatoms. The summed E-state index contributed by atoms with van der Waals surface area (Å²) in [4.78, 5) is 35.1. The van der Waals surface area contributed by atoms with Crippen molar-refractivity contribution in [3.8, 4) is 0 Å². The molecule has 0 aromatic rings. The third-order valence-electron chi connectivity index (χ3n) is 5.58. The first-order valence-electron chi connectivity index (χ1n) is 8.74. The average Bonchev–Trinajstić information content (AvgIpc) is 2.42. The summed E-state index contributed by atoms with van der Waals surface area (Å²) < 4.78 is 5.31. The highest BCUT2D eigenvalue weighted by atomic mass is 79.9. The molecule has 4 aliphatic carbocycles. The van der Waals surface area contributed by atoms with Crippen LogP contribution >= 0.6 is 15.9 Å². The lowest BCUT2D eigenvalue weighted by molar-refractivity contribution is -0.154. The SMILES string of the molecule is CCNC(=O)NC(=O)COC(=O)CC12C[C@@H]3C[C@@H](CC(Br)(C3)C1)C2. The van der Waals surface area contributed by atoms with Gasteiger partial charge >= 0.3 is 12.0 Å². The number of nitrogens with one attached hydrogen (secondary N) is 2. The van der Waals surface area contributed by atoms with E-state index in [1.807, 2.05) is 0 Å². The minimum absolute atomic E-state index is 0.0285. The summed E-state index contributed by atoms with van der Waals surface area (Å²) in [5.74, 6) is 0.481. The Labute approximate surface area is 150 Å². The minimum Gasteiger partial charge on any atom is -0.456 e. The van der Waals surface area contributed by atoms with Crippen LogP contribution in [0.25, 0.3) is 0 Å². The van der Waals surface area contributed by atoms with Crippen LogP contribution in [-0.4, -0.2) is 35.4 Å². The predicted octanol–water partition coefficient (Wildman–Crippen LogP) is 2.50. The first-order chi connectivity index (χ1) is 11.3. The van der Waals surface area contributed by atoms with Crippen LogP contribution in [-0.2, 0) is 14.3 Å². The molecular formula is C17H25BrN2O4. The van der Waals surface area contributed by atoms with Crippen LogP contribution in [0.3, 0.4) is 0 Å². The smallest absolute Gasteiger partial charge is 0.321 e. The quantitative estimate of drug-likeness (QED) is 0.548. The number of hydrogen-bond acceptors (Lipinski definition) is 4. The maximum Gasteiger partial charge on any atom is 0.321 e. The molecule has 4 aliphatic rings. The highest BCUT2D eigenvalue weighted by Gasteiger charge is 2.57. The Morgan fingerprint density at radius 3 is 2.42 bits per heavy atom. The second-order valence-electron chi connectivity index (χ2n) is 7.86. The monoisotopic (exact) mass is 400 g/mol. The Bertz CT molecular complexity index is 537. The van der Waals surface area contributed by atoms with Gasteiger partial charge in [-0.2, -0.15) is 0 Å². The van der Waals surface area contributed by atoms with Crippen molar-refractivity contribution in [1.29, 1.82) is 0 Å². The molecule has 2 unspecified atom stereocenters. The Hall–Kier alpha value is -1.11. The van der Waals surface area contributed by atoms with Crippen molar-refractivity contribution >= 4 is 33.8 Å². The third kappa shape index (κ3) is 3.92. The molecule has 0 aromatic carbocycles. The summed E-state index contributed by atoms with van der Waals surface area (Å²) in [5.41, 5.74) is 0.0285. The average molecular weight is 401 g/mol. The maximum atomic E-state index is 12.2. The Morgan fingerprint density at radius 2 is 1.83 bits per heavy atom. The lowest BCUT2D eigenvalue weighted by Gasteiger charge is -2.60. The number of rotatable bonds is 5. The molecule has 4 atom stereocenters. The topological polar surface area (TPSA) is 84.5 Å². The molecule has 4 rings (SSSR count). The van der Waals surface area contributed by atoms with Gasteiger partial charge in [-0.15, -0.1) is 0 Å². The molecule has 0 radical (unpaired) electrons. The van der Waals surface area contributed by atoms with Gasteiger partial charge in [-0.05, 0) is 62.7 Å². The lowest BCUT2D eigenvalue weighted by Crippen LogP contribution is -2.53. The van der Waals surface area contributed by atoms with Crippen LogP contribution in [0, 0.1) is 17.3 Å². The summed E-state index contributed by atoms with van der Waals surface area (Å²) in [6, 6.07) is -0.569. The van der Waals surface area contributed by atoms with Gasteiger partial charge in [0.1, 0.15) is 0 Å². The predicted molar refractivity (Wildman–Crippen MR) is 91.6 cm³/mol. The third-order valence-corrected chi connectivity index (χ3v) is 6.51. The second kappa shape index (κ2) is 6.65. The van der Waals surface area contributed by atoms with Gasteiger partial charge in [-0.3, -0.25) is 14.9 Å². The first-order valence-corrected chi connectivity index (χ1v) is 9.53. The van der Waals surface area contributed by atoms with Crippen molar-refractivity contribution in [1.82, 2.24) is 10.6 Å². The number of imide groups is 1. The van der Waals surface area contributed by atoms with Crippen LogP contribution in [0.15, 0.2) is 0 Å². The zero-order valence-corrected chi connectivity index (χ0v) is 15.6. The van der Waals surface area contributed by atoms with Gasteiger partial charge in [0.25, 0.3) is 5.91 Å². The van der Waals surface area contributed by atoms with Crippen molar-refractivity contribution < 1.29 is 19.1 Å². The van der Waals surface area contributed by atoms with E-state index in [1.165, 1.54) is 19.3 Å². The number of halogens is 1. The molecule has 0 saturated heterocycles. The summed E-state index contributed by atoms with van der Waals surface area (Å²) in [7, 11) is 0. The fraction of sp³-hybridized carbons (Fsp3) is 0.824. The molecule has 0 spiro atoms. The highest BCUT2D eigenvalue weighted by molar-refractivity contribution is 9.10. The summed E-state index contributed by atoms with van der Waals surface area (Å²) >= 11 is 3.93. The summed E-state index contributed by atoms with van der Waals surface area (Å²) in [6.45, 7) is 1.78. The Morgan fingerprint density at radius 1 is 1.17 bits per heavy atom. The number of urea groups is 1. The van der Waals surface area contributed by atoms with Gasteiger partial charge in [-0.1, -0.05) is 15.9 Å². The van der Waals surface area contributed by atoms with Crippen LogP contribution < -0.4 is 10.6 Å². The molecule has 2 N–H and O–H groups in total. The fourth-order valence-corrected chi connectivity index (χ4v) is 6.92. The van der Waals surface area contributed by atoms with Gasteiger partial charge in [0.15, 0.2) is 6.61 Å². The van der Waals surface area contributed by atoms with Gasteiger partial charge in [0.2, 0.25) is 0 Å². The lowest BCUT2D eigenvalue weighted by atomic mass is 9.49. The van der Waals surface area contributed by atoms with Crippen LogP contribution in [0.2, 0.25) is 0 Å². The Kier molecular flexibility index (Phi) is 4.91. The van der Waals surface area contributed by atoms with Crippen molar-refractivity contribution in [3.63, 3.8) is 0 Å². The number of esters is 1. The number of hydrogen-bond donors (Lipinski definition) is 2. The van der Waals surface area contributed by atoms with Crippen molar-refractivity contribution in [2.45, 2.75) is 56.2 Å². The number of alkyl halides is 1. The van der Waals surface area contributed by atoms with E-state index in [-0.39, 0.29) is 15.7 Å². The van der Waals surface area contributed by atoms with Gasteiger partial charge in [0, 0.05) is 10.9 Å². The molecule has 4 fully saturated rings. The van der Waals surface area contributed by atoms with Crippen molar-refractivity contribution in [2.24, 2.45) is 17.3 Å². The molecule has 0 heterocycles. The molecule has 3 amide bonds. The number of ether oxygens (including phenoxy) is 1. The maximum absolute atomic E-state index is 12.2. The first kappa shape index (κ1) is 17.7. The van der Waals surface area contributed by atoms with E-state index in [0.717, 1.165) is 19.3 Å². The van der Waals surface area contributed by atoms with Crippen LogP contribution in [0.1, 0.15) is 51.9 Å². The second-order valence-corrected chi connectivity index (χ2v) is 9.54. The van der Waals surface area contributed by atoms with Gasteiger partial charge in [0.05, 0.1) is 6.42 Å². The van der Waals surface area contributed by atoms with Crippen molar-refractivity contribution in [2.75, 3.05) is 13.2 Å². The molecule has 4 bridgehead atoms. The van der Waals surface area contributed by atoms with Gasteiger partial charge in [-0.25, -0.2) is 4.79 Å². The molecule has 0 aliphatic heterocycles. The van der Waals surface area contributed by atoms with E-state index in [2.05, 4.69) is 26.6 Å². The van der Waals surface area contributed by atoms with Gasteiger partial charge < -0.3 is 10.1 Å². The molecule has 4 saturated carbocycles. The fourth-order valence-electron chi connectivity index (χ4n) is 5.41.